The fourth-order valence-electron chi connectivity index (χ4n) is 6.00. The van der Waals surface area contributed by atoms with E-state index in [-0.39, 0.29) is 61.4 Å². The summed E-state index contributed by atoms with van der Waals surface area (Å²) in [5.41, 5.74) is 2.27. The summed E-state index contributed by atoms with van der Waals surface area (Å²) in [6.45, 7) is 6.99. The third-order valence-corrected chi connectivity index (χ3v) is 8.39. The Labute approximate surface area is 269 Å². The van der Waals surface area contributed by atoms with Crippen LogP contribution in [0, 0.1) is 0 Å². The quantitative estimate of drug-likeness (QED) is 0.106. The number of fused-ring (bicyclic) bond motifs is 5. The van der Waals surface area contributed by atoms with Crippen molar-refractivity contribution in [1.82, 2.24) is 14.9 Å². The second kappa shape index (κ2) is 12.5. The van der Waals surface area contributed by atoms with Crippen LogP contribution in [-0.4, -0.2) is 45.5 Å². The van der Waals surface area contributed by atoms with Crippen LogP contribution in [0.4, 0.5) is 4.79 Å². The van der Waals surface area contributed by atoms with Crippen molar-refractivity contribution in [2.75, 3.05) is 6.79 Å². The van der Waals surface area contributed by atoms with E-state index in [2.05, 4.69) is 5.32 Å². The number of nitrogens with one attached hydrogen (secondary N) is 1. The number of amides is 1. The van der Waals surface area contributed by atoms with Crippen LogP contribution in [0.2, 0.25) is 0 Å². The van der Waals surface area contributed by atoms with Crippen LogP contribution in [0.25, 0.3) is 22.3 Å². The van der Waals surface area contributed by atoms with E-state index in [1.807, 2.05) is 26.8 Å². The molecule has 244 valence electrons. The van der Waals surface area contributed by atoms with Gasteiger partial charge >= 0.3 is 18.0 Å². The van der Waals surface area contributed by atoms with Gasteiger partial charge in [0.25, 0.3) is 12.3 Å². The minimum atomic E-state index is -1.90. The zero-order chi connectivity index (χ0) is 33.5. The predicted octanol–water partition coefficient (Wildman–Crippen LogP) is 3.21. The number of carbonyl (C=O) groups excluding carboxylic acids is 3. The third-order valence-electron chi connectivity index (χ3n) is 8.39. The van der Waals surface area contributed by atoms with Crippen LogP contribution in [0.1, 0.15) is 66.7 Å². The maximum absolute atomic E-state index is 13.6. The minimum absolute atomic E-state index is 0.0650. The van der Waals surface area contributed by atoms with Gasteiger partial charge in [0.05, 0.1) is 29.0 Å². The molecule has 0 bridgehead atoms. The predicted molar refractivity (Wildman–Crippen MR) is 166 cm³/mol. The van der Waals surface area contributed by atoms with Crippen molar-refractivity contribution >= 4 is 28.9 Å². The van der Waals surface area contributed by atoms with E-state index in [1.54, 1.807) is 48.0 Å². The lowest BCUT2D eigenvalue weighted by Crippen LogP contribution is -2.44. The van der Waals surface area contributed by atoms with Crippen LogP contribution in [0.3, 0.4) is 0 Å². The standard InChI is InChI=1S/C34H34N4O9/c1-5-22-23-12-21(46-18-47-31(40)20-8-7-11-37(14-20)17-45-33(42)35-19(3)4)9-10-27(23)36-29-24(22)15-38-28(29)13-26-25(30(38)39)16-44-32(41)34(26,43)6-2/h7-14,19,43H,5-6,15-18H2,1-4H3/p+1/t34-/m0/s1. The topological polar surface area (TPSA) is 159 Å². The Morgan fingerprint density at radius 3 is 2.70 bits per heavy atom. The Morgan fingerprint density at radius 1 is 1.15 bits per heavy atom. The first kappa shape index (κ1) is 31.7. The van der Waals surface area contributed by atoms with Gasteiger partial charge in [-0.1, -0.05) is 13.8 Å². The molecule has 6 rings (SSSR count). The summed E-state index contributed by atoms with van der Waals surface area (Å²) < 4.78 is 24.6. The van der Waals surface area contributed by atoms with E-state index in [0.29, 0.717) is 29.1 Å². The molecule has 2 aliphatic rings. The normalized spacial score (nSPS) is 16.3. The van der Waals surface area contributed by atoms with Crippen molar-refractivity contribution in [1.29, 1.82) is 0 Å². The molecule has 0 saturated heterocycles. The van der Waals surface area contributed by atoms with E-state index in [1.165, 1.54) is 10.8 Å². The van der Waals surface area contributed by atoms with Crippen molar-refractivity contribution in [3.8, 4) is 17.1 Å². The number of alkyl carbamates (subject to hydrolysis) is 1. The van der Waals surface area contributed by atoms with Crippen molar-refractivity contribution < 1.29 is 43.0 Å². The SMILES string of the molecule is CCc1c2c(nc3ccc(OCOC(=O)c4ccc[n+](COC(=O)NC(C)C)c4)cc13)-c1cc3c(c(=O)n1C2)COC(=O)[C@]3(O)CC. The molecule has 5 heterocycles. The highest BCUT2D eigenvalue weighted by Crippen LogP contribution is 2.40. The monoisotopic (exact) mass is 643 g/mol. The van der Waals surface area contributed by atoms with Gasteiger partial charge in [-0.15, -0.1) is 0 Å². The van der Waals surface area contributed by atoms with Gasteiger partial charge < -0.3 is 33.9 Å². The number of aromatic nitrogens is 3. The minimum Gasteiger partial charge on any atom is -0.458 e. The molecule has 0 fully saturated rings. The Hall–Kier alpha value is -5.30. The van der Waals surface area contributed by atoms with E-state index in [9.17, 15) is 24.3 Å². The molecular weight excluding hydrogens is 608 g/mol. The number of ether oxygens (including phenoxy) is 4. The number of aliphatic hydroxyl groups is 1. The number of hydrogen-bond donors (Lipinski definition) is 2. The second-order valence-electron chi connectivity index (χ2n) is 11.7. The van der Waals surface area contributed by atoms with E-state index in [4.69, 9.17) is 23.9 Å². The number of hydrogen-bond acceptors (Lipinski definition) is 10. The van der Waals surface area contributed by atoms with Gasteiger partial charge in [0.15, 0.2) is 18.0 Å². The molecule has 0 unspecified atom stereocenters. The molecule has 13 heteroatoms. The Morgan fingerprint density at radius 2 is 1.96 bits per heavy atom. The molecule has 4 aromatic rings. The highest BCUT2D eigenvalue weighted by atomic mass is 16.7. The highest BCUT2D eigenvalue weighted by molar-refractivity contribution is 5.90. The average Bonchev–Trinajstić information content (AvgIpc) is 3.43. The number of esters is 2. The molecule has 3 aromatic heterocycles. The molecule has 0 saturated carbocycles. The number of pyridine rings is 3. The largest absolute Gasteiger partial charge is 0.458 e. The maximum atomic E-state index is 13.6. The van der Waals surface area contributed by atoms with Gasteiger partial charge in [0, 0.05) is 28.6 Å². The van der Waals surface area contributed by atoms with Gasteiger partial charge in [-0.05, 0) is 62.6 Å². The summed E-state index contributed by atoms with van der Waals surface area (Å²) in [7, 11) is 0. The summed E-state index contributed by atoms with van der Waals surface area (Å²) in [4.78, 5) is 55.4. The Balaban J connectivity index is 1.20. The van der Waals surface area contributed by atoms with Gasteiger partial charge in [-0.2, -0.15) is 4.57 Å². The van der Waals surface area contributed by atoms with E-state index < -0.39 is 23.6 Å². The lowest BCUT2D eigenvalue weighted by atomic mass is 9.86. The maximum Gasteiger partial charge on any atom is 0.412 e. The average molecular weight is 644 g/mol. The summed E-state index contributed by atoms with van der Waals surface area (Å²) >= 11 is 0. The summed E-state index contributed by atoms with van der Waals surface area (Å²) in [5, 5.41) is 14.6. The van der Waals surface area contributed by atoms with E-state index in [0.717, 1.165) is 16.5 Å². The van der Waals surface area contributed by atoms with Crippen LogP contribution in [-0.2, 0) is 50.9 Å². The number of aryl methyl sites for hydroxylation is 1. The van der Waals surface area contributed by atoms with Crippen LogP contribution >= 0.6 is 0 Å². The number of carbonyl (C=O) groups is 3. The number of rotatable bonds is 9. The number of nitrogens with zero attached hydrogens (tertiary/aromatic N) is 3. The first-order chi connectivity index (χ1) is 22.5. The van der Waals surface area contributed by atoms with Gasteiger partial charge in [-0.25, -0.2) is 19.4 Å². The van der Waals surface area contributed by atoms with Crippen LogP contribution < -0.4 is 20.2 Å². The van der Waals surface area contributed by atoms with Gasteiger partial charge in [0.2, 0.25) is 6.79 Å². The van der Waals surface area contributed by atoms with Gasteiger partial charge in [-0.3, -0.25) is 4.79 Å². The lowest BCUT2D eigenvalue weighted by molar-refractivity contribution is -0.727. The number of cyclic esters (lactones) is 1. The number of benzene rings is 1. The van der Waals surface area contributed by atoms with Crippen LogP contribution in [0.5, 0.6) is 5.75 Å². The fourth-order valence-corrected chi connectivity index (χ4v) is 6.00. The smallest absolute Gasteiger partial charge is 0.412 e. The molecule has 2 aliphatic heterocycles. The van der Waals surface area contributed by atoms with Crippen molar-refractivity contribution in [3.05, 3.63) is 87.0 Å². The first-order valence-electron chi connectivity index (χ1n) is 15.4. The highest BCUT2D eigenvalue weighted by Gasteiger charge is 2.45. The summed E-state index contributed by atoms with van der Waals surface area (Å²) in [5.74, 6) is -0.922. The Bertz CT molecular complexity index is 1990. The molecule has 0 aliphatic carbocycles. The third kappa shape index (κ3) is 5.78. The first-order valence-corrected chi connectivity index (χ1v) is 15.4. The molecule has 1 atom stereocenters. The fraction of sp³-hybridized carbons (Fsp3) is 0.353. The molecular formula is C34H35N4O9+. The molecule has 1 amide bonds. The Kier molecular flexibility index (Phi) is 8.41. The molecule has 1 aromatic carbocycles. The van der Waals surface area contributed by atoms with Crippen LogP contribution in [0.15, 0.2) is 53.6 Å². The molecule has 2 N–H and O–H groups in total. The summed E-state index contributed by atoms with van der Waals surface area (Å²) in [6, 6.07) is 10.2. The van der Waals surface area contributed by atoms with E-state index >= 15 is 0 Å². The zero-order valence-electron chi connectivity index (χ0n) is 26.5. The second-order valence-corrected chi connectivity index (χ2v) is 11.7. The van der Waals surface area contributed by atoms with Crippen molar-refractivity contribution in [3.63, 3.8) is 0 Å². The van der Waals surface area contributed by atoms with Crippen molar-refractivity contribution in [2.45, 2.75) is 72.1 Å². The molecule has 47 heavy (non-hydrogen) atoms. The molecule has 0 spiro atoms. The summed E-state index contributed by atoms with van der Waals surface area (Å²) in [6.07, 6.45) is 3.31. The molecule has 0 radical (unpaired) electrons. The molecule has 13 nitrogen and oxygen atoms in total. The lowest BCUT2D eigenvalue weighted by Gasteiger charge is -2.31. The van der Waals surface area contributed by atoms with Crippen molar-refractivity contribution in [2.24, 2.45) is 0 Å². The zero-order valence-corrected chi connectivity index (χ0v) is 26.5. The van der Waals surface area contributed by atoms with Gasteiger partial charge in [0.1, 0.15) is 17.9 Å².